The van der Waals surface area contributed by atoms with Gasteiger partial charge < -0.3 is 10.5 Å². The van der Waals surface area contributed by atoms with Gasteiger partial charge in [-0.3, -0.25) is 0 Å². The van der Waals surface area contributed by atoms with Gasteiger partial charge in [-0.1, -0.05) is 19.9 Å². The number of hydrogen-bond acceptors (Lipinski definition) is 4. The molecule has 2 rings (SSSR count). The minimum absolute atomic E-state index is 0.400. The van der Waals surface area contributed by atoms with Gasteiger partial charge in [-0.15, -0.1) is 11.3 Å². The van der Waals surface area contributed by atoms with Crippen LogP contribution < -0.4 is 10.5 Å². The quantitative estimate of drug-likeness (QED) is 0.899. The van der Waals surface area contributed by atoms with Crippen molar-refractivity contribution >= 4 is 11.3 Å². The molecule has 0 aliphatic carbocycles. The molecule has 0 fully saturated rings. The third-order valence-corrected chi connectivity index (χ3v) is 4.69. The Morgan fingerprint density at radius 3 is 2.52 bits per heavy atom. The van der Waals surface area contributed by atoms with Gasteiger partial charge in [0.15, 0.2) is 0 Å². The van der Waals surface area contributed by atoms with Crippen molar-refractivity contribution in [2.45, 2.75) is 53.7 Å². The Bertz CT molecular complexity index is 632. The second-order valence-electron chi connectivity index (χ2n) is 5.77. The van der Waals surface area contributed by atoms with Crippen LogP contribution in [0.1, 0.15) is 52.0 Å². The summed E-state index contributed by atoms with van der Waals surface area (Å²) in [6, 6.07) is 4.26. The fourth-order valence-corrected chi connectivity index (χ4v) is 3.38. The third kappa shape index (κ3) is 3.63. The van der Waals surface area contributed by atoms with E-state index in [0.717, 1.165) is 16.5 Å². The van der Waals surface area contributed by atoms with Crippen LogP contribution in [0.5, 0.6) is 5.75 Å². The van der Waals surface area contributed by atoms with E-state index in [1.54, 1.807) is 11.3 Å². The average molecular weight is 304 g/mol. The molecule has 0 radical (unpaired) electrons. The lowest BCUT2D eigenvalue weighted by Crippen LogP contribution is -2.00. The first-order valence-electron chi connectivity index (χ1n) is 7.31. The molecule has 0 spiro atoms. The minimum atomic E-state index is 0.400. The summed E-state index contributed by atoms with van der Waals surface area (Å²) in [7, 11) is 0. The molecule has 114 valence electrons. The van der Waals surface area contributed by atoms with Crippen molar-refractivity contribution in [2.24, 2.45) is 5.73 Å². The monoisotopic (exact) mass is 304 g/mol. The van der Waals surface area contributed by atoms with Crippen molar-refractivity contribution < 1.29 is 4.74 Å². The maximum Gasteiger partial charge on any atom is 0.140 e. The summed E-state index contributed by atoms with van der Waals surface area (Å²) in [6.45, 7) is 11.6. The van der Waals surface area contributed by atoms with Gasteiger partial charge in [0.1, 0.15) is 17.4 Å². The normalized spacial score (nSPS) is 11.2. The van der Waals surface area contributed by atoms with Gasteiger partial charge in [0.05, 0.1) is 5.69 Å². The molecule has 3 nitrogen and oxygen atoms in total. The Morgan fingerprint density at radius 1 is 1.24 bits per heavy atom. The number of aromatic nitrogens is 1. The van der Waals surface area contributed by atoms with Gasteiger partial charge in [0, 0.05) is 11.4 Å². The largest absolute Gasteiger partial charge is 0.486 e. The zero-order valence-corrected chi connectivity index (χ0v) is 14.3. The molecule has 1 aromatic heterocycles. The zero-order chi connectivity index (χ0) is 15.6. The molecule has 0 aliphatic heterocycles. The van der Waals surface area contributed by atoms with Crippen LogP contribution in [0.3, 0.4) is 0 Å². The Morgan fingerprint density at radius 2 is 1.95 bits per heavy atom. The number of nitrogens with two attached hydrogens (primary N) is 1. The van der Waals surface area contributed by atoms with Gasteiger partial charge in [-0.05, 0) is 49.4 Å². The van der Waals surface area contributed by atoms with Crippen LogP contribution in [-0.4, -0.2) is 4.98 Å². The second kappa shape index (κ2) is 6.58. The van der Waals surface area contributed by atoms with E-state index >= 15 is 0 Å². The molecule has 0 unspecified atom stereocenters. The lowest BCUT2D eigenvalue weighted by molar-refractivity contribution is 0.302. The molecule has 0 amide bonds. The average Bonchev–Trinajstić information content (AvgIpc) is 2.84. The van der Waals surface area contributed by atoms with Gasteiger partial charge in [0.2, 0.25) is 0 Å². The van der Waals surface area contributed by atoms with Crippen LogP contribution in [0.15, 0.2) is 12.1 Å². The predicted octanol–water partition coefficient (Wildman–Crippen LogP) is 4.23. The number of ether oxygens (including phenoxy) is 1. The topological polar surface area (TPSA) is 48.1 Å². The molecule has 1 heterocycles. The van der Waals surface area contributed by atoms with Crippen LogP contribution in [0.25, 0.3) is 0 Å². The number of hydrogen-bond donors (Lipinski definition) is 1. The van der Waals surface area contributed by atoms with E-state index in [1.165, 1.54) is 21.6 Å². The van der Waals surface area contributed by atoms with Crippen LogP contribution >= 0.6 is 11.3 Å². The maximum atomic E-state index is 5.98. The highest BCUT2D eigenvalue weighted by molar-refractivity contribution is 7.11. The van der Waals surface area contributed by atoms with E-state index < -0.39 is 0 Å². The molecule has 2 N–H and O–H groups in total. The van der Waals surface area contributed by atoms with Crippen molar-refractivity contribution in [2.75, 3.05) is 0 Å². The minimum Gasteiger partial charge on any atom is -0.486 e. The van der Waals surface area contributed by atoms with Gasteiger partial charge >= 0.3 is 0 Å². The van der Waals surface area contributed by atoms with Crippen molar-refractivity contribution in [3.05, 3.63) is 44.4 Å². The maximum absolute atomic E-state index is 5.98. The summed E-state index contributed by atoms with van der Waals surface area (Å²) >= 11 is 1.66. The van der Waals surface area contributed by atoms with Crippen LogP contribution in [0.4, 0.5) is 0 Å². The van der Waals surface area contributed by atoms with Crippen LogP contribution in [0.2, 0.25) is 0 Å². The first-order chi connectivity index (χ1) is 9.92. The van der Waals surface area contributed by atoms with E-state index in [4.69, 9.17) is 10.5 Å². The smallest absolute Gasteiger partial charge is 0.140 e. The molecule has 0 aliphatic rings. The molecular weight excluding hydrogens is 280 g/mol. The highest BCUT2D eigenvalue weighted by Crippen LogP contribution is 2.27. The molecule has 21 heavy (non-hydrogen) atoms. The molecule has 4 heteroatoms. The first kappa shape index (κ1) is 16.0. The van der Waals surface area contributed by atoms with E-state index in [9.17, 15) is 0 Å². The van der Waals surface area contributed by atoms with Crippen molar-refractivity contribution in [3.63, 3.8) is 0 Å². The van der Waals surface area contributed by atoms with Crippen molar-refractivity contribution in [1.82, 2.24) is 4.98 Å². The number of nitrogens with zero attached hydrogens (tertiary/aromatic N) is 1. The molecule has 1 aromatic carbocycles. The highest BCUT2D eigenvalue weighted by Gasteiger charge is 2.14. The lowest BCUT2D eigenvalue weighted by atomic mass is 10.1. The second-order valence-corrected chi connectivity index (χ2v) is 6.94. The summed E-state index contributed by atoms with van der Waals surface area (Å²) in [6.07, 6.45) is 0. The van der Waals surface area contributed by atoms with E-state index in [-0.39, 0.29) is 0 Å². The summed E-state index contributed by atoms with van der Waals surface area (Å²) in [5, 5.41) is 0.998. The Kier molecular flexibility index (Phi) is 5.01. The van der Waals surface area contributed by atoms with Gasteiger partial charge in [-0.2, -0.15) is 0 Å². The van der Waals surface area contributed by atoms with Gasteiger partial charge in [-0.25, -0.2) is 4.98 Å². The standard InChI is InChI=1S/C17H24N2OS/c1-10(2)17-15(8-18)21-16(19-17)9-20-14-7-11(3)6-12(4)13(14)5/h6-7,10H,8-9,18H2,1-5H3. The molecule has 2 aromatic rings. The first-order valence-corrected chi connectivity index (χ1v) is 8.13. The zero-order valence-electron chi connectivity index (χ0n) is 13.5. The summed E-state index contributed by atoms with van der Waals surface area (Å²) < 4.78 is 5.98. The van der Waals surface area contributed by atoms with Crippen LogP contribution in [0, 0.1) is 20.8 Å². The number of benzene rings is 1. The van der Waals surface area contributed by atoms with E-state index in [1.807, 2.05) is 0 Å². The SMILES string of the molecule is Cc1cc(C)c(C)c(OCc2nc(C(C)C)c(CN)s2)c1. The Balaban J connectivity index is 2.17. The fourth-order valence-electron chi connectivity index (χ4n) is 2.36. The van der Waals surface area contributed by atoms with Gasteiger partial charge in [0.25, 0.3) is 0 Å². The molecule has 0 saturated carbocycles. The predicted molar refractivity (Wildman–Crippen MR) is 89.1 cm³/mol. The molecule has 0 bridgehead atoms. The Hall–Kier alpha value is -1.39. The molecule has 0 saturated heterocycles. The summed E-state index contributed by atoms with van der Waals surface area (Å²) in [5.41, 5.74) is 10.6. The third-order valence-electron chi connectivity index (χ3n) is 3.62. The number of rotatable bonds is 5. The summed E-state index contributed by atoms with van der Waals surface area (Å²) in [4.78, 5) is 5.85. The molecule has 0 atom stereocenters. The fraction of sp³-hybridized carbons (Fsp3) is 0.471. The summed E-state index contributed by atoms with van der Waals surface area (Å²) in [5.74, 6) is 1.35. The van der Waals surface area contributed by atoms with Crippen molar-refractivity contribution in [1.29, 1.82) is 0 Å². The highest BCUT2D eigenvalue weighted by atomic mass is 32.1. The van der Waals surface area contributed by atoms with Crippen molar-refractivity contribution in [3.8, 4) is 5.75 Å². The lowest BCUT2D eigenvalue weighted by Gasteiger charge is -2.11. The van der Waals surface area contributed by atoms with E-state index in [2.05, 4.69) is 51.7 Å². The van der Waals surface area contributed by atoms with E-state index in [0.29, 0.717) is 19.1 Å². The van der Waals surface area contributed by atoms with Crippen LogP contribution in [-0.2, 0) is 13.2 Å². The molecular formula is C17H24N2OS. The number of aryl methyl sites for hydroxylation is 2. The number of thiazole rings is 1. The Labute approximate surface area is 131 Å².